The Balaban J connectivity index is 2.62. The Morgan fingerprint density at radius 2 is 1.93 bits per heavy atom. The lowest BCUT2D eigenvalue weighted by atomic mass is 10.1. The highest BCUT2D eigenvalue weighted by atomic mass is 19.4. The molecule has 4 heteroatoms. The van der Waals surface area contributed by atoms with Gasteiger partial charge in [0.05, 0.1) is 11.3 Å². The fraction of sp³-hybridized carbons (Fsp3) is 0.0909. The van der Waals surface area contributed by atoms with E-state index in [9.17, 15) is 13.2 Å². The summed E-state index contributed by atoms with van der Waals surface area (Å²) in [6.45, 7) is 0. The average molecular weight is 209 g/mol. The summed E-state index contributed by atoms with van der Waals surface area (Å²) < 4.78 is 37.1. The molecule has 0 aliphatic heterocycles. The molecule has 1 N–H and O–H groups in total. The maximum absolute atomic E-state index is 12.4. The first-order valence-electron chi connectivity index (χ1n) is 4.17. The van der Waals surface area contributed by atoms with Crippen LogP contribution in [0.4, 0.5) is 13.2 Å². The average Bonchev–Trinajstić information content (AvgIpc) is 2.57. The minimum atomic E-state index is -4.32. The van der Waals surface area contributed by atoms with Crippen LogP contribution in [-0.4, -0.2) is 4.98 Å². The van der Waals surface area contributed by atoms with Crippen LogP contribution >= 0.6 is 0 Å². The van der Waals surface area contributed by atoms with Crippen LogP contribution in [0.1, 0.15) is 11.3 Å². The van der Waals surface area contributed by atoms with E-state index in [4.69, 9.17) is 6.42 Å². The third-order valence-corrected chi connectivity index (χ3v) is 2.11. The lowest BCUT2D eigenvalue weighted by Crippen LogP contribution is -2.03. The Morgan fingerprint density at radius 1 is 1.20 bits per heavy atom. The third-order valence-electron chi connectivity index (χ3n) is 2.11. The molecule has 76 valence electrons. The van der Waals surface area contributed by atoms with Gasteiger partial charge < -0.3 is 4.98 Å². The highest BCUT2D eigenvalue weighted by molar-refractivity contribution is 5.82. The largest absolute Gasteiger partial charge is 0.416 e. The summed E-state index contributed by atoms with van der Waals surface area (Å²) in [7, 11) is 0. The Hall–Kier alpha value is -1.89. The van der Waals surface area contributed by atoms with Gasteiger partial charge in [-0.15, -0.1) is 6.42 Å². The molecule has 1 heterocycles. The molecular formula is C11H6F3N. The van der Waals surface area contributed by atoms with Crippen molar-refractivity contribution >= 4 is 10.9 Å². The van der Waals surface area contributed by atoms with Gasteiger partial charge >= 0.3 is 6.18 Å². The van der Waals surface area contributed by atoms with Crippen LogP contribution in [0.2, 0.25) is 0 Å². The van der Waals surface area contributed by atoms with Crippen molar-refractivity contribution in [2.45, 2.75) is 6.18 Å². The predicted octanol–water partition coefficient (Wildman–Crippen LogP) is 3.17. The van der Waals surface area contributed by atoms with E-state index in [1.165, 1.54) is 6.07 Å². The van der Waals surface area contributed by atoms with Gasteiger partial charge in [-0.3, -0.25) is 0 Å². The number of hydrogen-bond donors (Lipinski definition) is 1. The van der Waals surface area contributed by atoms with E-state index in [1.807, 2.05) is 0 Å². The van der Waals surface area contributed by atoms with E-state index < -0.39 is 11.7 Å². The van der Waals surface area contributed by atoms with Crippen molar-refractivity contribution in [3.8, 4) is 12.3 Å². The molecule has 0 fully saturated rings. The standard InChI is InChI=1S/C11H6F3N/c1-2-9-5-7-3-4-8(11(12,13)14)6-10(7)15-9/h1,3-6,15H. The van der Waals surface area contributed by atoms with Crippen LogP contribution in [0, 0.1) is 12.3 Å². The van der Waals surface area contributed by atoms with E-state index in [0.29, 0.717) is 16.6 Å². The molecule has 0 saturated heterocycles. The monoisotopic (exact) mass is 209 g/mol. The maximum Gasteiger partial charge on any atom is 0.416 e. The maximum atomic E-state index is 12.4. The zero-order chi connectivity index (χ0) is 11.1. The van der Waals surface area contributed by atoms with Crippen LogP contribution in [0.25, 0.3) is 10.9 Å². The number of hydrogen-bond acceptors (Lipinski definition) is 0. The van der Waals surface area contributed by atoms with Gasteiger partial charge in [0.1, 0.15) is 0 Å². The summed E-state index contributed by atoms with van der Waals surface area (Å²) in [6, 6.07) is 5.12. The summed E-state index contributed by atoms with van der Waals surface area (Å²) in [5.41, 5.74) is 0.197. The molecule has 0 aliphatic rings. The summed E-state index contributed by atoms with van der Waals surface area (Å²) >= 11 is 0. The number of alkyl halides is 3. The van der Waals surface area contributed by atoms with Crippen LogP contribution in [0.5, 0.6) is 0 Å². The molecule has 0 spiro atoms. The van der Waals surface area contributed by atoms with Crippen molar-refractivity contribution in [3.05, 3.63) is 35.5 Å². The highest BCUT2D eigenvalue weighted by Crippen LogP contribution is 2.31. The van der Waals surface area contributed by atoms with E-state index in [1.54, 1.807) is 6.07 Å². The fourth-order valence-electron chi connectivity index (χ4n) is 1.38. The zero-order valence-electron chi connectivity index (χ0n) is 7.52. The van der Waals surface area contributed by atoms with Gasteiger partial charge in [-0.2, -0.15) is 13.2 Å². The number of terminal acetylenes is 1. The van der Waals surface area contributed by atoms with Crippen LogP contribution in [-0.2, 0) is 6.18 Å². The molecule has 0 aliphatic carbocycles. The van der Waals surface area contributed by atoms with Gasteiger partial charge in [-0.25, -0.2) is 0 Å². The van der Waals surface area contributed by atoms with E-state index in [-0.39, 0.29) is 0 Å². The van der Waals surface area contributed by atoms with Gasteiger partial charge in [0, 0.05) is 10.9 Å². The molecule has 0 amide bonds. The van der Waals surface area contributed by atoms with Gasteiger partial charge in [0.2, 0.25) is 0 Å². The van der Waals surface area contributed by atoms with Gasteiger partial charge in [-0.05, 0) is 18.2 Å². The second-order valence-electron chi connectivity index (χ2n) is 3.13. The van der Waals surface area contributed by atoms with Crippen LogP contribution in [0.15, 0.2) is 24.3 Å². The fourth-order valence-corrected chi connectivity index (χ4v) is 1.38. The molecule has 2 rings (SSSR count). The van der Waals surface area contributed by atoms with E-state index >= 15 is 0 Å². The van der Waals surface area contributed by atoms with Crippen molar-refractivity contribution in [2.75, 3.05) is 0 Å². The van der Waals surface area contributed by atoms with Gasteiger partial charge in [0.25, 0.3) is 0 Å². The molecule has 15 heavy (non-hydrogen) atoms. The zero-order valence-corrected chi connectivity index (χ0v) is 7.52. The number of halogens is 3. The first-order valence-corrected chi connectivity index (χ1v) is 4.17. The predicted molar refractivity (Wildman–Crippen MR) is 51.2 cm³/mol. The van der Waals surface area contributed by atoms with Crippen molar-refractivity contribution in [1.82, 2.24) is 4.98 Å². The topological polar surface area (TPSA) is 15.8 Å². The van der Waals surface area contributed by atoms with E-state index in [2.05, 4.69) is 10.9 Å². The second kappa shape index (κ2) is 3.06. The van der Waals surface area contributed by atoms with Gasteiger partial charge in [0.15, 0.2) is 0 Å². The molecule has 0 bridgehead atoms. The number of aromatic amines is 1. The Bertz CT molecular complexity index is 543. The molecule has 1 aromatic carbocycles. The number of rotatable bonds is 0. The molecule has 0 atom stereocenters. The summed E-state index contributed by atoms with van der Waals surface area (Å²) in [6.07, 6.45) is 0.810. The molecule has 0 radical (unpaired) electrons. The summed E-state index contributed by atoms with van der Waals surface area (Å²) in [5.74, 6) is 2.34. The summed E-state index contributed by atoms with van der Waals surface area (Å²) in [5, 5.41) is 0.677. The van der Waals surface area contributed by atoms with Gasteiger partial charge in [-0.1, -0.05) is 12.0 Å². The Labute approximate surface area is 83.9 Å². The van der Waals surface area contributed by atoms with Crippen molar-refractivity contribution in [1.29, 1.82) is 0 Å². The Kier molecular flexibility index (Phi) is 1.97. The summed E-state index contributed by atoms with van der Waals surface area (Å²) in [4.78, 5) is 2.72. The van der Waals surface area contributed by atoms with Crippen LogP contribution in [0.3, 0.4) is 0 Å². The highest BCUT2D eigenvalue weighted by Gasteiger charge is 2.30. The number of benzene rings is 1. The quantitative estimate of drug-likeness (QED) is 0.641. The molecule has 2 aromatic rings. The first-order chi connectivity index (χ1) is 7.00. The molecule has 1 aromatic heterocycles. The molecule has 0 unspecified atom stereocenters. The first kappa shape index (κ1) is 9.66. The number of aromatic nitrogens is 1. The van der Waals surface area contributed by atoms with E-state index in [0.717, 1.165) is 12.1 Å². The number of nitrogens with one attached hydrogen (secondary N) is 1. The van der Waals surface area contributed by atoms with Crippen molar-refractivity contribution < 1.29 is 13.2 Å². The minimum Gasteiger partial charge on any atom is -0.348 e. The molecular weight excluding hydrogens is 203 g/mol. The minimum absolute atomic E-state index is 0.401. The Morgan fingerprint density at radius 3 is 2.53 bits per heavy atom. The molecule has 0 saturated carbocycles. The molecule has 1 nitrogen and oxygen atoms in total. The van der Waals surface area contributed by atoms with Crippen molar-refractivity contribution in [3.63, 3.8) is 0 Å². The smallest absolute Gasteiger partial charge is 0.348 e. The SMILES string of the molecule is C#Cc1cc2ccc(C(F)(F)F)cc2[nH]1. The number of H-pyrrole nitrogens is 1. The lowest BCUT2D eigenvalue weighted by Gasteiger charge is -2.05. The normalized spacial score (nSPS) is 11.6. The lowest BCUT2D eigenvalue weighted by molar-refractivity contribution is -0.137. The second-order valence-corrected chi connectivity index (χ2v) is 3.13. The van der Waals surface area contributed by atoms with Crippen LogP contribution < -0.4 is 0 Å². The van der Waals surface area contributed by atoms with Crippen molar-refractivity contribution in [2.24, 2.45) is 0 Å². The third kappa shape index (κ3) is 1.68. The number of fused-ring (bicyclic) bond motifs is 1.